The average molecular weight is 264 g/mol. The van der Waals surface area contributed by atoms with E-state index in [1.54, 1.807) is 0 Å². The van der Waals surface area contributed by atoms with E-state index in [9.17, 15) is 4.79 Å². The SMILES string of the molecule is Cc1ccc2c3c([nH]c2c1)C(Cl)C(C(=O)O)CC3. The highest BCUT2D eigenvalue weighted by molar-refractivity contribution is 6.22. The van der Waals surface area contributed by atoms with Gasteiger partial charge in [-0.2, -0.15) is 0 Å². The highest BCUT2D eigenvalue weighted by atomic mass is 35.5. The average Bonchev–Trinajstić information content (AvgIpc) is 2.67. The molecule has 0 radical (unpaired) electrons. The summed E-state index contributed by atoms with van der Waals surface area (Å²) in [4.78, 5) is 14.4. The van der Waals surface area contributed by atoms with Gasteiger partial charge in [-0.1, -0.05) is 12.1 Å². The highest BCUT2D eigenvalue weighted by Gasteiger charge is 2.35. The van der Waals surface area contributed by atoms with Crippen LogP contribution in [0.2, 0.25) is 0 Å². The molecule has 0 amide bonds. The third kappa shape index (κ3) is 1.62. The number of aliphatic carboxylic acids is 1. The Morgan fingerprint density at radius 1 is 1.50 bits per heavy atom. The van der Waals surface area contributed by atoms with Crippen molar-refractivity contribution in [3.63, 3.8) is 0 Å². The van der Waals surface area contributed by atoms with E-state index < -0.39 is 17.3 Å². The number of carbonyl (C=O) groups is 1. The lowest BCUT2D eigenvalue weighted by Crippen LogP contribution is -2.24. The van der Waals surface area contributed by atoms with E-state index in [1.165, 1.54) is 16.5 Å². The molecule has 0 aliphatic heterocycles. The smallest absolute Gasteiger partial charge is 0.308 e. The summed E-state index contributed by atoms with van der Waals surface area (Å²) in [6, 6.07) is 6.24. The van der Waals surface area contributed by atoms with Gasteiger partial charge >= 0.3 is 5.97 Å². The topological polar surface area (TPSA) is 53.1 Å². The molecule has 1 heterocycles. The minimum atomic E-state index is -0.810. The summed E-state index contributed by atoms with van der Waals surface area (Å²) in [7, 11) is 0. The molecule has 1 aliphatic rings. The summed E-state index contributed by atoms with van der Waals surface area (Å²) in [5, 5.41) is 9.87. The van der Waals surface area contributed by atoms with E-state index in [0.717, 1.165) is 17.6 Å². The molecular weight excluding hydrogens is 250 g/mol. The van der Waals surface area contributed by atoms with Gasteiger partial charge in [0.25, 0.3) is 0 Å². The molecule has 2 aromatic rings. The van der Waals surface area contributed by atoms with Crippen molar-refractivity contribution >= 4 is 28.5 Å². The Hall–Kier alpha value is -1.48. The molecule has 1 aromatic carbocycles. The molecule has 3 rings (SSSR count). The van der Waals surface area contributed by atoms with Crippen LogP contribution in [0.5, 0.6) is 0 Å². The van der Waals surface area contributed by atoms with Gasteiger partial charge in [0.1, 0.15) is 0 Å². The van der Waals surface area contributed by atoms with Crippen molar-refractivity contribution in [1.29, 1.82) is 0 Å². The number of halogens is 1. The Morgan fingerprint density at radius 3 is 3.00 bits per heavy atom. The third-order valence-corrected chi connectivity index (χ3v) is 4.27. The lowest BCUT2D eigenvalue weighted by atomic mass is 9.86. The molecule has 3 nitrogen and oxygen atoms in total. The Labute approximate surface area is 110 Å². The Morgan fingerprint density at radius 2 is 2.28 bits per heavy atom. The fourth-order valence-corrected chi connectivity index (χ4v) is 3.21. The maximum atomic E-state index is 11.1. The quantitative estimate of drug-likeness (QED) is 0.775. The molecule has 2 N–H and O–H groups in total. The van der Waals surface area contributed by atoms with Crippen LogP contribution in [0.15, 0.2) is 18.2 Å². The van der Waals surface area contributed by atoms with E-state index in [2.05, 4.69) is 23.2 Å². The Balaban J connectivity index is 2.16. The molecule has 4 heteroatoms. The lowest BCUT2D eigenvalue weighted by Gasteiger charge is -2.24. The molecule has 2 atom stereocenters. The second-order valence-electron chi connectivity index (χ2n) is 4.95. The number of fused-ring (bicyclic) bond motifs is 3. The van der Waals surface area contributed by atoms with E-state index in [0.29, 0.717) is 6.42 Å². The van der Waals surface area contributed by atoms with Gasteiger partial charge < -0.3 is 10.1 Å². The largest absolute Gasteiger partial charge is 0.481 e. The van der Waals surface area contributed by atoms with Gasteiger partial charge in [-0.05, 0) is 37.0 Å². The van der Waals surface area contributed by atoms with Crippen molar-refractivity contribution in [2.45, 2.75) is 25.1 Å². The molecule has 94 valence electrons. The van der Waals surface area contributed by atoms with Gasteiger partial charge in [0, 0.05) is 16.6 Å². The van der Waals surface area contributed by atoms with Crippen molar-refractivity contribution < 1.29 is 9.90 Å². The lowest BCUT2D eigenvalue weighted by molar-refractivity contribution is -0.142. The molecule has 1 aromatic heterocycles. The number of aryl methyl sites for hydroxylation is 2. The van der Waals surface area contributed by atoms with Crippen molar-refractivity contribution in [2.24, 2.45) is 5.92 Å². The van der Waals surface area contributed by atoms with Crippen LogP contribution in [0.3, 0.4) is 0 Å². The van der Waals surface area contributed by atoms with Crippen LogP contribution in [0.1, 0.15) is 28.6 Å². The van der Waals surface area contributed by atoms with Crippen molar-refractivity contribution in [1.82, 2.24) is 4.98 Å². The number of benzene rings is 1. The molecule has 0 bridgehead atoms. The first-order valence-corrected chi connectivity index (χ1v) is 6.49. The first-order valence-electron chi connectivity index (χ1n) is 6.06. The van der Waals surface area contributed by atoms with E-state index in [4.69, 9.17) is 16.7 Å². The highest BCUT2D eigenvalue weighted by Crippen LogP contribution is 2.41. The van der Waals surface area contributed by atoms with Crippen molar-refractivity contribution in [2.75, 3.05) is 0 Å². The van der Waals surface area contributed by atoms with E-state index in [1.807, 2.05) is 6.92 Å². The molecule has 2 unspecified atom stereocenters. The van der Waals surface area contributed by atoms with Crippen LogP contribution in [-0.4, -0.2) is 16.1 Å². The summed E-state index contributed by atoms with van der Waals surface area (Å²) >= 11 is 6.31. The molecule has 18 heavy (non-hydrogen) atoms. The zero-order valence-corrected chi connectivity index (χ0v) is 10.8. The van der Waals surface area contributed by atoms with Crippen LogP contribution in [0.25, 0.3) is 10.9 Å². The molecule has 1 aliphatic carbocycles. The molecular formula is C14H14ClNO2. The Kier molecular flexibility index (Phi) is 2.59. The van der Waals surface area contributed by atoms with Gasteiger partial charge in [0.2, 0.25) is 0 Å². The van der Waals surface area contributed by atoms with E-state index in [-0.39, 0.29) is 0 Å². The maximum Gasteiger partial charge on any atom is 0.308 e. The van der Waals surface area contributed by atoms with E-state index >= 15 is 0 Å². The Bertz CT molecular complexity index is 632. The number of rotatable bonds is 1. The van der Waals surface area contributed by atoms with Crippen LogP contribution < -0.4 is 0 Å². The monoisotopic (exact) mass is 263 g/mol. The molecule has 0 spiro atoms. The number of alkyl halides is 1. The number of aromatic amines is 1. The number of carboxylic acids is 1. The summed E-state index contributed by atoms with van der Waals surface area (Å²) in [5.41, 5.74) is 4.30. The minimum Gasteiger partial charge on any atom is -0.481 e. The minimum absolute atomic E-state index is 0.459. The number of hydrogen-bond acceptors (Lipinski definition) is 1. The van der Waals surface area contributed by atoms with Crippen molar-refractivity contribution in [3.05, 3.63) is 35.0 Å². The first kappa shape index (κ1) is 11.6. The summed E-state index contributed by atoms with van der Waals surface area (Å²) in [6.07, 6.45) is 1.38. The fraction of sp³-hybridized carbons (Fsp3) is 0.357. The van der Waals surface area contributed by atoms with Gasteiger partial charge in [-0.25, -0.2) is 0 Å². The van der Waals surface area contributed by atoms with Gasteiger partial charge in [0.05, 0.1) is 11.3 Å². The number of H-pyrrole nitrogens is 1. The van der Waals surface area contributed by atoms with Gasteiger partial charge in [-0.3, -0.25) is 4.79 Å². The standard InChI is InChI=1S/C14H14ClNO2/c1-7-2-3-8-9-4-5-10(14(17)18)12(15)13(9)16-11(8)6-7/h2-3,6,10,12,16H,4-5H2,1H3,(H,17,18). The molecule has 0 saturated carbocycles. The maximum absolute atomic E-state index is 11.1. The fourth-order valence-electron chi connectivity index (χ4n) is 2.79. The number of carboxylic acid groups (broad SMARTS) is 1. The van der Waals surface area contributed by atoms with Crippen LogP contribution in [0, 0.1) is 12.8 Å². The molecule has 0 fully saturated rings. The predicted octanol–water partition coefficient (Wildman–Crippen LogP) is 3.40. The number of aromatic nitrogens is 1. The molecule has 0 saturated heterocycles. The van der Waals surface area contributed by atoms with Crippen LogP contribution in [-0.2, 0) is 11.2 Å². The van der Waals surface area contributed by atoms with Gasteiger partial charge in [0.15, 0.2) is 0 Å². The zero-order chi connectivity index (χ0) is 12.9. The third-order valence-electron chi connectivity index (χ3n) is 3.75. The van der Waals surface area contributed by atoms with Crippen LogP contribution >= 0.6 is 11.6 Å². The van der Waals surface area contributed by atoms with Crippen molar-refractivity contribution in [3.8, 4) is 0 Å². The number of nitrogens with one attached hydrogen (secondary N) is 1. The summed E-state index contributed by atoms with van der Waals surface area (Å²) in [5.74, 6) is -1.30. The second kappa shape index (κ2) is 4.02. The first-order chi connectivity index (χ1) is 8.58. The van der Waals surface area contributed by atoms with Crippen LogP contribution in [0.4, 0.5) is 0 Å². The summed E-state index contributed by atoms with van der Waals surface area (Å²) < 4.78 is 0. The summed E-state index contributed by atoms with van der Waals surface area (Å²) in [6.45, 7) is 2.04. The predicted molar refractivity (Wildman–Crippen MR) is 71.1 cm³/mol. The normalized spacial score (nSPS) is 23.0. The van der Waals surface area contributed by atoms with Gasteiger partial charge in [-0.15, -0.1) is 11.6 Å². The zero-order valence-electron chi connectivity index (χ0n) is 10.0. The number of hydrogen-bond donors (Lipinski definition) is 2. The second-order valence-corrected chi connectivity index (χ2v) is 5.42.